The molecule has 0 aliphatic heterocycles. The van der Waals surface area contributed by atoms with Gasteiger partial charge in [-0.25, -0.2) is 0 Å². The minimum absolute atomic E-state index is 0.106. The largest absolute Gasteiger partial charge is 0.300 e. The maximum atomic E-state index is 11.0. The van der Waals surface area contributed by atoms with Gasteiger partial charge in [0.25, 0.3) is 10.1 Å². The third-order valence-corrected chi connectivity index (χ3v) is 3.18. The van der Waals surface area contributed by atoms with Crippen LogP contribution in [0.25, 0.3) is 0 Å². The standard InChI is InChI=1S/C9H16O4S/c1-7(10)8-3-5-9(6-4-8)13-14(2,11)12/h8-9H,3-6H2,1-2H3. The quantitative estimate of drug-likeness (QED) is 0.668. The van der Waals surface area contributed by atoms with Crippen molar-refractivity contribution in [2.45, 2.75) is 38.7 Å². The van der Waals surface area contributed by atoms with Crippen molar-refractivity contribution in [3.63, 3.8) is 0 Å². The Bertz CT molecular complexity index is 299. The van der Waals surface area contributed by atoms with Gasteiger partial charge in [0.15, 0.2) is 0 Å². The normalized spacial score (nSPS) is 28.7. The summed E-state index contributed by atoms with van der Waals surface area (Å²) in [6, 6.07) is 0. The molecule has 0 radical (unpaired) electrons. The summed E-state index contributed by atoms with van der Waals surface area (Å²) in [7, 11) is -3.35. The molecule has 82 valence electrons. The fourth-order valence-corrected chi connectivity index (χ4v) is 2.50. The summed E-state index contributed by atoms with van der Waals surface area (Å²) in [5.41, 5.74) is 0. The van der Waals surface area contributed by atoms with Crippen molar-refractivity contribution >= 4 is 15.9 Å². The van der Waals surface area contributed by atoms with Gasteiger partial charge in [-0.1, -0.05) is 0 Å². The van der Waals surface area contributed by atoms with Gasteiger partial charge in [-0.3, -0.25) is 8.98 Å². The summed E-state index contributed by atoms with van der Waals surface area (Å²) < 4.78 is 26.5. The Balaban J connectivity index is 2.40. The minimum Gasteiger partial charge on any atom is -0.300 e. The van der Waals surface area contributed by atoms with Crippen molar-refractivity contribution in [1.82, 2.24) is 0 Å². The van der Waals surface area contributed by atoms with Crippen LogP contribution >= 0.6 is 0 Å². The molecule has 0 N–H and O–H groups in total. The highest BCUT2D eigenvalue weighted by molar-refractivity contribution is 7.86. The molecule has 4 nitrogen and oxygen atoms in total. The first-order valence-corrected chi connectivity index (χ1v) is 6.59. The summed E-state index contributed by atoms with van der Waals surface area (Å²) >= 11 is 0. The van der Waals surface area contributed by atoms with Crippen LogP contribution in [-0.4, -0.2) is 26.6 Å². The number of ketones is 1. The Labute approximate surface area is 84.8 Å². The lowest BCUT2D eigenvalue weighted by atomic mass is 9.85. The molecule has 0 amide bonds. The summed E-state index contributed by atoms with van der Waals surface area (Å²) in [5.74, 6) is 0.303. The first kappa shape index (κ1) is 11.7. The molecular formula is C9H16O4S. The highest BCUT2D eigenvalue weighted by atomic mass is 32.2. The Hall–Kier alpha value is -0.420. The van der Waals surface area contributed by atoms with Crippen molar-refractivity contribution in [2.75, 3.05) is 6.26 Å². The van der Waals surface area contributed by atoms with E-state index in [0.29, 0.717) is 12.8 Å². The van der Waals surface area contributed by atoms with Crippen LogP contribution in [0.3, 0.4) is 0 Å². The Morgan fingerprint density at radius 1 is 1.21 bits per heavy atom. The lowest BCUT2D eigenvalue weighted by Crippen LogP contribution is -2.26. The average Bonchev–Trinajstić information content (AvgIpc) is 2.02. The first-order chi connectivity index (χ1) is 6.38. The fraction of sp³-hybridized carbons (Fsp3) is 0.889. The minimum atomic E-state index is -3.35. The molecule has 0 saturated heterocycles. The number of carbonyl (C=O) groups is 1. The Kier molecular flexibility index (Phi) is 3.66. The lowest BCUT2D eigenvalue weighted by Gasteiger charge is -2.25. The number of Topliss-reactive ketones (excluding diaryl/α,β-unsaturated/α-hetero) is 1. The van der Waals surface area contributed by atoms with Crippen molar-refractivity contribution in [1.29, 1.82) is 0 Å². The summed E-state index contributed by atoms with van der Waals surface area (Å²) in [6.45, 7) is 1.59. The second kappa shape index (κ2) is 4.40. The second-order valence-corrected chi connectivity index (χ2v) is 5.49. The monoisotopic (exact) mass is 220 g/mol. The van der Waals surface area contributed by atoms with Crippen molar-refractivity contribution in [3.05, 3.63) is 0 Å². The van der Waals surface area contributed by atoms with Crippen LogP contribution in [0.5, 0.6) is 0 Å². The molecule has 1 aliphatic carbocycles. The topological polar surface area (TPSA) is 60.4 Å². The maximum absolute atomic E-state index is 11.0. The summed E-state index contributed by atoms with van der Waals surface area (Å²) in [6.07, 6.45) is 3.66. The van der Waals surface area contributed by atoms with Crippen LogP contribution in [0.1, 0.15) is 32.6 Å². The van der Waals surface area contributed by atoms with E-state index >= 15 is 0 Å². The highest BCUT2D eigenvalue weighted by Crippen LogP contribution is 2.27. The molecule has 1 saturated carbocycles. The molecule has 0 aromatic rings. The zero-order valence-corrected chi connectivity index (χ0v) is 9.34. The van der Waals surface area contributed by atoms with Crippen molar-refractivity contribution < 1.29 is 17.4 Å². The predicted molar refractivity (Wildman–Crippen MR) is 52.4 cm³/mol. The average molecular weight is 220 g/mol. The molecule has 14 heavy (non-hydrogen) atoms. The predicted octanol–water partition coefficient (Wildman–Crippen LogP) is 1.11. The van der Waals surface area contributed by atoms with Crippen LogP contribution in [0.4, 0.5) is 0 Å². The molecule has 0 spiro atoms. The third kappa shape index (κ3) is 3.75. The van der Waals surface area contributed by atoms with Gasteiger partial charge < -0.3 is 0 Å². The van der Waals surface area contributed by atoms with Gasteiger partial charge >= 0.3 is 0 Å². The van der Waals surface area contributed by atoms with E-state index in [1.807, 2.05) is 0 Å². The van der Waals surface area contributed by atoms with Crippen molar-refractivity contribution in [2.24, 2.45) is 5.92 Å². The Morgan fingerprint density at radius 2 is 1.71 bits per heavy atom. The summed E-state index contributed by atoms with van der Waals surface area (Å²) in [5, 5.41) is 0. The van der Waals surface area contributed by atoms with Gasteiger partial charge in [0.2, 0.25) is 0 Å². The fourth-order valence-electron chi connectivity index (χ4n) is 1.81. The first-order valence-electron chi connectivity index (χ1n) is 4.77. The van der Waals surface area contributed by atoms with Gasteiger partial charge in [0.05, 0.1) is 12.4 Å². The molecule has 0 aromatic heterocycles. The molecule has 0 aromatic carbocycles. The lowest BCUT2D eigenvalue weighted by molar-refractivity contribution is -0.122. The molecule has 1 aliphatic rings. The van der Waals surface area contributed by atoms with Crippen LogP contribution in [0, 0.1) is 5.92 Å². The number of rotatable bonds is 3. The van der Waals surface area contributed by atoms with Crippen LogP contribution in [0.2, 0.25) is 0 Å². The van der Waals surface area contributed by atoms with E-state index in [0.717, 1.165) is 19.1 Å². The molecule has 0 heterocycles. The van der Waals surface area contributed by atoms with Gasteiger partial charge in [-0.05, 0) is 32.6 Å². The highest BCUT2D eigenvalue weighted by Gasteiger charge is 2.26. The van der Waals surface area contributed by atoms with Gasteiger partial charge in [0.1, 0.15) is 5.78 Å². The summed E-state index contributed by atoms with van der Waals surface area (Å²) in [4.78, 5) is 11.0. The van der Waals surface area contributed by atoms with Crippen LogP contribution in [0.15, 0.2) is 0 Å². The smallest absolute Gasteiger partial charge is 0.264 e. The Morgan fingerprint density at radius 3 is 2.07 bits per heavy atom. The van der Waals surface area contributed by atoms with E-state index in [-0.39, 0.29) is 17.8 Å². The number of hydrogen-bond donors (Lipinski definition) is 0. The molecule has 1 rings (SSSR count). The van der Waals surface area contributed by atoms with E-state index in [1.54, 1.807) is 6.92 Å². The van der Waals surface area contributed by atoms with Gasteiger partial charge in [-0.15, -0.1) is 0 Å². The molecule has 0 bridgehead atoms. The van der Waals surface area contributed by atoms with E-state index in [9.17, 15) is 13.2 Å². The SMILES string of the molecule is CC(=O)C1CCC(OS(C)(=O)=O)CC1. The van der Waals surface area contributed by atoms with E-state index in [2.05, 4.69) is 0 Å². The van der Waals surface area contributed by atoms with Crippen molar-refractivity contribution in [3.8, 4) is 0 Å². The zero-order valence-electron chi connectivity index (χ0n) is 8.52. The number of carbonyl (C=O) groups excluding carboxylic acids is 1. The van der Waals surface area contributed by atoms with Crippen LogP contribution in [-0.2, 0) is 19.1 Å². The van der Waals surface area contributed by atoms with Gasteiger partial charge in [-0.2, -0.15) is 8.42 Å². The second-order valence-electron chi connectivity index (χ2n) is 3.88. The van der Waals surface area contributed by atoms with E-state index < -0.39 is 10.1 Å². The zero-order chi connectivity index (χ0) is 10.8. The van der Waals surface area contributed by atoms with E-state index in [4.69, 9.17) is 4.18 Å². The molecule has 0 unspecified atom stereocenters. The molecule has 5 heteroatoms. The third-order valence-electron chi connectivity index (χ3n) is 2.56. The maximum Gasteiger partial charge on any atom is 0.264 e. The van der Waals surface area contributed by atoms with Crippen LogP contribution < -0.4 is 0 Å². The molecule has 1 fully saturated rings. The van der Waals surface area contributed by atoms with Gasteiger partial charge in [0, 0.05) is 5.92 Å². The molecular weight excluding hydrogens is 204 g/mol. The molecule has 0 atom stereocenters. The van der Waals surface area contributed by atoms with E-state index in [1.165, 1.54) is 0 Å². The number of hydrogen-bond acceptors (Lipinski definition) is 4.